The maximum Gasteiger partial charge on any atom is 0.310 e. The van der Waals surface area contributed by atoms with Crippen LogP contribution in [0.4, 0.5) is 0 Å². The second kappa shape index (κ2) is 8.27. The molecule has 1 aromatic rings. The fourth-order valence-corrected chi connectivity index (χ4v) is 1.96. The molecule has 0 heterocycles. The number of alkyl halides is 1. The molecule has 0 spiro atoms. The number of methoxy groups -OCH3 is 1. The van der Waals surface area contributed by atoms with Crippen LogP contribution >= 0.6 is 27.5 Å². The highest BCUT2D eigenvalue weighted by Gasteiger charge is 2.21. The minimum Gasteiger partial charge on any atom is -0.469 e. The van der Waals surface area contributed by atoms with Gasteiger partial charge in [0.15, 0.2) is 0 Å². The molecule has 20 heavy (non-hydrogen) atoms. The van der Waals surface area contributed by atoms with Crippen LogP contribution in [0.5, 0.6) is 0 Å². The Morgan fingerprint density at radius 3 is 2.45 bits per heavy atom. The number of esters is 1. The molecule has 0 fully saturated rings. The number of rotatable bonds is 6. The van der Waals surface area contributed by atoms with E-state index in [9.17, 15) is 9.59 Å². The van der Waals surface area contributed by atoms with Gasteiger partial charge in [0.25, 0.3) is 0 Å². The number of hydrogen-bond acceptors (Lipinski definition) is 3. The van der Waals surface area contributed by atoms with Crippen molar-refractivity contribution in [2.75, 3.05) is 13.7 Å². The van der Waals surface area contributed by atoms with Gasteiger partial charge in [0.1, 0.15) is 0 Å². The van der Waals surface area contributed by atoms with Crippen molar-refractivity contribution < 1.29 is 14.3 Å². The summed E-state index contributed by atoms with van der Waals surface area (Å²) in [6, 6.07) is 7.25. The summed E-state index contributed by atoms with van der Waals surface area (Å²) in [5, 5.41) is 3.36. The normalized spacial score (nSPS) is 13.4. The lowest BCUT2D eigenvalue weighted by Crippen LogP contribution is -2.37. The van der Waals surface area contributed by atoms with Crippen LogP contribution in [0.25, 0.3) is 0 Å². The third-order valence-corrected chi connectivity index (χ3v) is 3.48. The molecule has 0 aliphatic rings. The monoisotopic (exact) mass is 361 g/mol. The van der Waals surface area contributed by atoms with Crippen LogP contribution in [0.15, 0.2) is 24.3 Å². The fraction of sp³-hybridized carbons (Fsp3) is 0.429. The van der Waals surface area contributed by atoms with Gasteiger partial charge >= 0.3 is 5.97 Å². The van der Waals surface area contributed by atoms with E-state index in [-0.39, 0.29) is 23.2 Å². The molecule has 1 aromatic carbocycles. The first-order chi connectivity index (χ1) is 9.43. The molecule has 2 unspecified atom stereocenters. The first-order valence-corrected chi connectivity index (χ1v) is 7.47. The Hall–Kier alpha value is -1.07. The number of ether oxygens (including phenoxy) is 1. The summed E-state index contributed by atoms with van der Waals surface area (Å²) in [4.78, 5) is 23.0. The van der Waals surface area contributed by atoms with Crippen molar-refractivity contribution in [1.29, 1.82) is 0 Å². The van der Waals surface area contributed by atoms with Crippen molar-refractivity contribution >= 4 is 39.4 Å². The Morgan fingerprint density at radius 2 is 1.95 bits per heavy atom. The van der Waals surface area contributed by atoms with Gasteiger partial charge < -0.3 is 10.1 Å². The van der Waals surface area contributed by atoms with E-state index in [2.05, 4.69) is 21.2 Å². The Balaban J connectivity index is 2.67. The van der Waals surface area contributed by atoms with Crippen LogP contribution in [0.2, 0.25) is 5.02 Å². The lowest BCUT2D eigenvalue weighted by atomic mass is 9.99. The number of hydrogen-bond donors (Lipinski definition) is 1. The Kier molecular flexibility index (Phi) is 7.02. The smallest absolute Gasteiger partial charge is 0.310 e. The van der Waals surface area contributed by atoms with Crippen LogP contribution < -0.4 is 5.32 Å². The minimum absolute atomic E-state index is 0.157. The number of halogens is 2. The van der Waals surface area contributed by atoms with Crippen LogP contribution in [0.3, 0.4) is 0 Å². The first-order valence-electron chi connectivity index (χ1n) is 6.18. The highest BCUT2D eigenvalue weighted by molar-refractivity contribution is 9.10. The van der Waals surface area contributed by atoms with Crippen molar-refractivity contribution in [3.63, 3.8) is 0 Å². The van der Waals surface area contributed by atoms with E-state index in [4.69, 9.17) is 16.3 Å². The van der Waals surface area contributed by atoms with Gasteiger partial charge in [0.05, 0.1) is 17.9 Å². The van der Waals surface area contributed by atoms with Gasteiger partial charge in [-0.05, 0) is 31.0 Å². The molecule has 0 aliphatic heterocycles. The van der Waals surface area contributed by atoms with Crippen LogP contribution in [0, 0.1) is 5.92 Å². The summed E-state index contributed by atoms with van der Waals surface area (Å²) in [5.74, 6) is -0.922. The van der Waals surface area contributed by atoms with E-state index in [0.29, 0.717) is 11.4 Å². The zero-order chi connectivity index (χ0) is 15.1. The SMILES string of the molecule is COC(=O)C(CNC(=O)C(C)Br)Cc1ccc(Cl)cc1. The molecule has 0 radical (unpaired) electrons. The number of carbonyl (C=O) groups excluding carboxylic acids is 2. The highest BCUT2D eigenvalue weighted by atomic mass is 79.9. The second-order valence-electron chi connectivity index (χ2n) is 4.41. The molecular formula is C14H17BrClNO3. The molecule has 0 bridgehead atoms. The van der Waals surface area contributed by atoms with Gasteiger partial charge in [-0.15, -0.1) is 0 Å². The maximum absolute atomic E-state index is 11.8. The van der Waals surface area contributed by atoms with Gasteiger partial charge in [0.2, 0.25) is 5.91 Å². The van der Waals surface area contributed by atoms with Gasteiger partial charge in [-0.2, -0.15) is 0 Å². The molecule has 110 valence electrons. The molecule has 1 rings (SSSR count). The van der Waals surface area contributed by atoms with Crippen molar-refractivity contribution in [1.82, 2.24) is 5.32 Å². The number of nitrogens with one attached hydrogen (secondary N) is 1. The minimum atomic E-state index is -0.420. The quantitative estimate of drug-likeness (QED) is 0.625. The van der Waals surface area contributed by atoms with Crippen LogP contribution in [-0.2, 0) is 20.7 Å². The summed E-state index contributed by atoms with van der Waals surface area (Å²) in [5.41, 5.74) is 0.964. The molecule has 4 nitrogen and oxygen atoms in total. The van der Waals surface area contributed by atoms with Gasteiger partial charge in [-0.25, -0.2) is 0 Å². The lowest BCUT2D eigenvalue weighted by Gasteiger charge is -2.16. The summed E-state index contributed by atoms with van der Waals surface area (Å²) in [6.45, 7) is 1.96. The molecule has 0 aliphatic carbocycles. The Morgan fingerprint density at radius 1 is 1.35 bits per heavy atom. The van der Waals surface area contributed by atoms with Crippen molar-refractivity contribution in [2.24, 2.45) is 5.92 Å². The van der Waals surface area contributed by atoms with E-state index in [0.717, 1.165) is 5.56 Å². The second-order valence-corrected chi connectivity index (χ2v) is 6.22. The first kappa shape index (κ1) is 17.0. The topological polar surface area (TPSA) is 55.4 Å². The third kappa shape index (κ3) is 5.51. The standard InChI is InChI=1S/C14H17BrClNO3/c1-9(15)13(18)17-8-11(14(19)20-2)7-10-3-5-12(16)6-4-10/h3-6,9,11H,7-8H2,1-2H3,(H,17,18). The predicted molar refractivity (Wildman–Crippen MR) is 82.1 cm³/mol. The largest absolute Gasteiger partial charge is 0.469 e. The number of benzene rings is 1. The van der Waals surface area contributed by atoms with Crippen molar-refractivity contribution in [3.05, 3.63) is 34.9 Å². The summed E-state index contributed by atoms with van der Waals surface area (Å²) in [7, 11) is 1.34. The van der Waals surface area contributed by atoms with Gasteiger partial charge in [-0.3, -0.25) is 9.59 Å². The zero-order valence-corrected chi connectivity index (χ0v) is 13.7. The Bertz CT molecular complexity index is 462. The average Bonchev–Trinajstić information content (AvgIpc) is 2.44. The number of amides is 1. The Labute approximate surface area is 132 Å². The molecule has 1 amide bonds. The van der Waals surface area contributed by atoms with E-state index in [1.807, 2.05) is 12.1 Å². The molecular weight excluding hydrogens is 346 g/mol. The summed E-state index contributed by atoms with van der Waals surface area (Å²) >= 11 is 9.00. The van der Waals surface area contributed by atoms with Gasteiger partial charge in [-0.1, -0.05) is 39.7 Å². The third-order valence-electron chi connectivity index (χ3n) is 2.81. The van der Waals surface area contributed by atoms with Crippen LogP contribution in [-0.4, -0.2) is 30.4 Å². The molecule has 2 atom stereocenters. The van der Waals surface area contributed by atoms with Crippen molar-refractivity contribution in [2.45, 2.75) is 18.2 Å². The lowest BCUT2D eigenvalue weighted by molar-refractivity contribution is -0.145. The zero-order valence-electron chi connectivity index (χ0n) is 11.4. The van der Waals surface area contributed by atoms with Crippen molar-refractivity contribution in [3.8, 4) is 0 Å². The highest BCUT2D eigenvalue weighted by Crippen LogP contribution is 2.14. The fourth-order valence-electron chi connectivity index (χ4n) is 1.67. The van der Waals surface area contributed by atoms with E-state index < -0.39 is 5.92 Å². The van der Waals surface area contributed by atoms with Crippen LogP contribution in [0.1, 0.15) is 12.5 Å². The summed E-state index contributed by atoms with van der Waals surface area (Å²) in [6.07, 6.45) is 0.487. The molecule has 0 saturated carbocycles. The van der Waals surface area contributed by atoms with E-state index in [1.54, 1.807) is 19.1 Å². The number of carbonyl (C=O) groups is 2. The van der Waals surface area contributed by atoms with Gasteiger partial charge in [0, 0.05) is 11.6 Å². The summed E-state index contributed by atoms with van der Waals surface area (Å²) < 4.78 is 4.77. The molecule has 0 aromatic heterocycles. The average molecular weight is 363 g/mol. The maximum atomic E-state index is 11.8. The van der Waals surface area contributed by atoms with E-state index in [1.165, 1.54) is 7.11 Å². The molecule has 6 heteroatoms. The van der Waals surface area contributed by atoms with E-state index >= 15 is 0 Å². The molecule has 0 saturated heterocycles. The molecule has 1 N–H and O–H groups in total. The predicted octanol–water partition coefficient (Wildman–Crippen LogP) is 2.57.